The zero-order valence-corrected chi connectivity index (χ0v) is 8.78. The minimum absolute atomic E-state index is 0.330. The fourth-order valence-electron chi connectivity index (χ4n) is 1.25. The fourth-order valence-corrected chi connectivity index (χ4v) is 1.49. The van der Waals surface area contributed by atoms with Crippen LogP contribution < -0.4 is 5.32 Å². The van der Waals surface area contributed by atoms with E-state index in [4.69, 9.17) is 11.6 Å². The molecule has 2 aromatic rings. The number of nitrogens with one attached hydrogen (secondary N) is 1. The Morgan fingerprint density at radius 1 is 1.38 bits per heavy atom. The van der Waals surface area contributed by atoms with Crippen molar-refractivity contribution in [1.29, 1.82) is 0 Å². The highest BCUT2D eigenvalue weighted by Crippen LogP contribution is 2.19. The van der Waals surface area contributed by atoms with Crippen molar-refractivity contribution in [3.05, 3.63) is 41.3 Å². The first-order valence-corrected chi connectivity index (χ1v) is 4.80. The number of carbonyl (C=O) groups excluding carboxylic acids is 1. The van der Waals surface area contributed by atoms with Gasteiger partial charge in [0.2, 0.25) is 6.41 Å². The standard InChI is InChI=1S/C10H7ClFN3O/c11-9-5-10(13-6-16)14-15(9)8-3-1-7(12)2-4-8/h1-6H,(H,13,14,16). The normalized spacial score (nSPS) is 10.1. The van der Waals surface area contributed by atoms with Crippen LogP contribution in [0.3, 0.4) is 0 Å². The van der Waals surface area contributed by atoms with E-state index in [1.807, 2.05) is 0 Å². The number of halogens is 2. The minimum atomic E-state index is -0.335. The molecule has 0 aliphatic heterocycles. The van der Waals surface area contributed by atoms with Crippen LogP contribution in [0.1, 0.15) is 0 Å². The number of carbonyl (C=O) groups is 1. The van der Waals surface area contributed by atoms with Crippen molar-refractivity contribution in [2.75, 3.05) is 5.32 Å². The van der Waals surface area contributed by atoms with Gasteiger partial charge < -0.3 is 5.32 Å². The van der Waals surface area contributed by atoms with Gasteiger partial charge in [0.15, 0.2) is 5.82 Å². The van der Waals surface area contributed by atoms with Gasteiger partial charge in [0.05, 0.1) is 5.69 Å². The molecule has 0 aliphatic carbocycles. The summed E-state index contributed by atoms with van der Waals surface area (Å²) < 4.78 is 14.1. The Morgan fingerprint density at radius 2 is 2.06 bits per heavy atom. The van der Waals surface area contributed by atoms with Gasteiger partial charge in [0.1, 0.15) is 11.0 Å². The third-order valence-electron chi connectivity index (χ3n) is 1.94. The number of hydrogen-bond acceptors (Lipinski definition) is 2. The van der Waals surface area contributed by atoms with Gasteiger partial charge in [-0.1, -0.05) is 11.6 Å². The Labute approximate surface area is 95.6 Å². The molecule has 6 heteroatoms. The van der Waals surface area contributed by atoms with Gasteiger partial charge in [0, 0.05) is 6.07 Å². The molecular formula is C10H7ClFN3O. The average molecular weight is 240 g/mol. The summed E-state index contributed by atoms with van der Waals surface area (Å²) in [5.74, 6) is 0.00240. The van der Waals surface area contributed by atoms with E-state index in [9.17, 15) is 9.18 Å². The van der Waals surface area contributed by atoms with E-state index in [1.165, 1.54) is 22.9 Å². The smallest absolute Gasteiger partial charge is 0.212 e. The second-order valence-electron chi connectivity index (χ2n) is 3.00. The highest BCUT2D eigenvalue weighted by atomic mass is 35.5. The van der Waals surface area contributed by atoms with Gasteiger partial charge in [-0.25, -0.2) is 9.07 Å². The molecule has 0 aliphatic rings. The third-order valence-corrected chi connectivity index (χ3v) is 2.21. The highest BCUT2D eigenvalue weighted by molar-refractivity contribution is 6.30. The maximum Gasteiger partial charge on any atom is 0.212 e. The highest BCUT2D eigenvalue weighted by Gasteiger charge is 2.07. The van der Waals surface area contributed by atoms with Crippen LogP contribution in [0, 0.1) is 5.82 Å². The monoisotopic (exact) mass is 239 g/mol. The maximum absolute atomic E-state index is 12.7. The minimum Gasteiger partial charge on any atom is -0.312 e. The lowest BCUT2D eigenvalue weighted by Gasteiger charge is -2.01. The Kier molecular flexibility index (Phi) is 2.87. The number of aromatic nitrogens is 2. The summed E-state index contributed by atoms with van der Waals surface area (Å²) in [6, 6.07) is 7.19. The van der Waals surface area contributed by atoms with E-state index in [2.05, 4.69) is 10.4 Å². The van der Waals surface area contributed by atoms with E-state index >= 15 is 0 Å². The number of benzene rings is 1. The van der Waals surface area contributed by atoms with Crippen LogP contribution >= 0.6 is 11.6 Å². The molecule has 0 radical (unpaired) electrons. The molecule has 1 amide bonds. The first-order chi connectivity index (χ1) is 7.70. The Morgan fingerprint density at radius 3 is 2.69 bits per heavy atom. The molecule has 1 aromatic carbocycles. The summed E-state index contributed by atoms with van der Waals surface area (Å²) in [7, 11) is 0. The van der Waals surface area contributed by atoms with E-state index in [0.717, 1.165) is 0 Å². The largest absolute Gasteiger partial charge is 0.312 e. The molecule has 0 unspecified atom stereocenters. The Balaban J connectivity index is 2.39. The predicted molar refractivity (Wildman–Crippen MR) is 58.2 cm³/mol. The number of anilines is 1. The molecule has 0 saturated heterocycles. The summed E-state index contributed by atoms with van der Waals surface area (Å²) >= 11 is 5.91. The molecule has 0 saturated carbocycles. The van der Waals surface area contributed by atoms with Crippen LogP contribution in [0.4, 0.5) is 10.2 Å². The molecule has 1 heterocycles. The van der Waals surface area contributed by atoms with E-state index in [1.54, 1.807) is 12.1 Å². The lowest BCUT2D eigenvalue weighted by atomic mass is 10.3. The van der Waals surface area contributed by atoms with Crippen molar-refractivity contribution in [1.82, 2.24) is 9.78 Å². The van der Waals surface area contributed by atoms with E-state index < -0.39 is 0 Å². The molecule has 82 valence electrons. The molecule has 1 N–H and O–H groups in total. The van der Waals surface area contributed by atoms with Crippen LogP contribution in [-0.4, -0.2) is 16.2 Å². The molecule has 2 rings (SSSR count). The van der Waals surface area contributed by atoms with Crippen molar-refractivity contribution in [3.63, 3.8) is 0 Å². The van der Waals surface area contributed by atoms with Crippen LogP contribution in [0.5, 0.6) is 0 Å². The zero-order chi connectivity index (χ0) is 11.5. The van der Waals surface area contributed by atoms with Gasteiger partial charge in [-0.15, -0.1) is 5.10 Å². The summed E-state index contributed by atoms with van der Waals surface area (Å²) in [6.07, 6.45) is 0.508. The summed E-state index contributed by atoms with van der Waals surface area (Å²) in [5, 5.41) is 6.73. The second-order valence-corrected chi connectivity index (χ2v) is 3.39. The van der Waals surface area contributed by atoms with E-state index in [0.29, 0.717) is 23.1 Å². The predicted octanol–water partition coefficient (Wildman–Crippen LogP) is 2.23. The van der Waals surface area contributed by atoms with Crippen LogP contribution in [0.15, 0.2) is 30.3 Å². The summed E-state index contributed by atoms with van der Waals surface area (Å²) in [4.78, 5) is 10.2. The Bertz CT molecular complexity index is 509. The SMILES string of the molecule is O=CNc1cc(Cl)n(-c2ccc(F)cc2)n1. The quantitative estimate of drug-likeness (QED) is 0.835. The van der Waals surface area contributed by atoms with Crippen molar-refractivity contribution in [2.24, 2.45) is 0 Å². The zero-order valence-electron chi connectivity index (χ0n) is 8.02. The topological polar surface area (TPSA) is 46.9 Å². The van der Waals surface area contributed by atoms with Crippen molar-refractivity contribution in [2.45, 2.75) is 0 Å². The first kappa shape index (κ1) is 10.6. The van der Waals surface area contributed by atoms with Crippen molar-refractivity contribution in [3.8, 4) is 5.69 Å². The van der Waals surface area contributed by atoms with Gasteiger partial charge >= 0.3 is 0 Å². The molecule has 0 atom stereocenters. The summed E-state index contributed by atoms with van der Waals surface area (Å²) in [5.41, 5.74) is 0.616. The first-order valence-electron chi connectivity index (χ1n) is 4.42. The van der Waals surface area contributed by atoms with Gasteiger partial charge in [-0.3, -0.25) is 4.79 Å². The lowest BCUT2D eigenvalue weighted by Crippen LogP contribution is -1.99. The molecule has 0 spiro atoms. The van der Waals surface area contributed by atoms with E-state index in [-0.39, 0.29) is 5.82 Å². The number of hydrogen-bond donors (Lipinski definition) is 1. The van der Waals surface area contributed by atoms with Gasteiger partial charge in [-0.2, -0.15) is 0 Å². The maximum atomic E-state index is 12.7. The van der Waals surface area contributed by atoms with Crippen molar-refractivity contribution >= 4 is 23.8 Å². The number of nitrogens with zero attached hydrogens (tertiary/aromatic N) is 2. The molecule has 4 nitrogen and oxygen atoms in total. The third kappa shape index (κ3) is 2.04. The van der Waals surface area contributed by atoms with Gasteiger partial charge in [0.25, 0.3) is 0 Å². The molecule has 0 bridgehead atoms. The molecular weight excluding hydrogens is 233 g/mol. The van der Waals surface area contributed by atoms with Gasteiger partial charge in [-0.05, 0) is 24.3 Å². The fraction of sp³-hybridized carbons (Fsp3) is 0. The number of rotatable bonds is 3. The summed E-state index contributed by atoms with van der Waals surface area (Å²) in [6.45, 7) is 0. The van der Waals surface area contributed by atoms with Crippen LogP contribution in [0.25, 0.3) is 5.69 Å². The van der Waals surface area contributed by atoms with Crippen LogP contribution in [0.2, 0.25) is 5.15 Å². The van der Waals surface area contributed by atoms with Crippen LogP contribution in [-0.2, 0) is 4.79 Å². The lowest BCUT2D eigenvalue weighted by molar-refractivity contribution is -0.105. The second kappa shape index (κ2) is 4.32. The molecule has 1 aromatic heterocycles. The average Bonchev–Trinajstić information content (AvgIpc) is 2.61. The Hall–Kier alpha value is -1.88. The molecule has 16 heavy (non-hydrogen) atoms. The van der Waals surface area contributed by atoms with Crippen molar-refractivity contribution < 1.29 is 9.18 Å². The molecule has 0 fully saturated rings. The number of amides is 1.